The van der Waals surface area contributed by atoms with Gasteiger partial charge >= 0.3 is 0 Å². The molecule has 0 unspecified atom stereocenters. The van der Waals surface area contributed by atoms with Crippen molar-refractivity contribution in [3.05, 3.63) is 28.8 Å². The number of rotatable bonds is 3. The maximum atomic E-state index is 11.8. The van der Waals surface area contributed by atoms with E-state index in [0.29, 0.717) is 35.7 Å². The predicted molar refractivity (Wildman–Crippen MR) is 66.2 cm³/mol. The van der Waals surface area contributed by atoms with E-state index >= 15 is 0 Å². The van der Waals surface area contributed by atoms with E-state index < -0.39 is 11.7 Å². The fraction of sp³-hybridized carbons (Fsp3) is 0.231. The molecule has 1 aliphatic rings. The van der Waals surface area contributed by atoms with Crippen LogP contribution in [0.3, 0.4) is 0 Å². The van der Waals surface area contributed by atoms with Gasteiger partial charge in [-0.3, -0.25) is 9.59 Å². The van der Waals surface area contributed by atoms with Crippen LogP contribution >= 0.6 is 11.6 Å². The zero-order valence-corrected chi connectivity index (χ0v) is 9.83. The second-order valence-electron chi connectivity index (χ2n) is 3.73. The summed E-state index contributed by atoms with van der Waals surface area (Å²) < 4.78 is 0. The highest BCUT2D eigenvalue weighted by Crippen LogP contribution is 2.35. The van der Waals surface area contributed by atoms with Crippen LogP contribution in [-0.4, -0.2) is 18.2 Å². The number of nitrogens with zero attached hydrogens (tertiary/aromatic N) is 1. The van der Waals surface area contributed by atoms with Crippen molar-refractivity contribution in [1.82, 2.24) is 0 Å². The van der Waals surface area contributed by atoms with E-state index in [-0.39, 0.29) is 0 Å². The quantitative estimate of drug-likeness (QED) is 0.467. The number of ketones is 1. The summed E-state index contributed by atoms with van der Waals surface area (Å²) >= 11 is 6.02. The van der Waals surface area contributed by atoms with Gasteiger partial charge < -0.3 is 4.90 Å². The molecule has 1 heterocycles. The maximum absolute atomic E-state index is 11.8. The number of carbonyl (C=O) groups excluding carboxylic acids is 2. The minimum atomic E-state index is -0.523. The molecule has 86 valence electrons. The predicted octanol–water partition coefficient (Wildman–Crippen LogP) is 2.28. The number of anilines is 1. The van der Waals surface area contributed by atoms with Crippen LogP contribution in [0.1, 0.15) is 23.2 Å². The third-order valence-electron chi connectivity index (χ3n) is 2.64. The molecule has 1 amide bonds. The van der Waals surface area contributed by atoms with Crippen molar-refractivity contribution in [3.8, 4) is 12.3 Å². The summed E-state index contributed by atoms with van der Waals surface area (Å²) in [7, 11) is 0. The second kappa shape index (κ2) is 4.60. The van der Waals surface area contributed by atoms with Gasteiger partial charge in [-0.15, -0.1) is 12.3 Å². The molecule has 0 bridgehead atoms. The molecule has 0 aromatic heterocycles. The molecule has 0 atom stereocenters. The Morgan fingerprint density at radius 2 is 2.12 bits per heavy atom. The normalized spacial score (nSPS) is 13.8. The van der Waals surface area contributed by atoms with Gasteiger partial charge in [-0.1, -0.05) is 17.7 Å². The number of carbonyl (C=O) groups is 2. The highest BCUT2D eigenvalue weighted by molar-refractivity contribution is 6.54. The lowest BCUT2D eigenvalue weighted by Gasteiger charge is -2.16. The first-order valence-corrected chi connectivity index (χ1v) is 5.62. The number of terminal acetylenes is 1. The fourth-order valence-electron chi connectivity index (χ4n) is 1.86. The van der Waals surface area contributed by atoms with Gasteiger partial charge in [-0.25, -0.2) is 0 Å². The van der Waals surface area contributed by atoms with Crippen LogP contribution in [0.5, 0.6) is 0 Å². The van der Waals surface area contributed by atoms with Crippen LogP contribution in [0.25, 0.3) is 0 Å². The largest absolute Gasteiger partial charge is 0.303 e. The molecule has 2 rings (SSSR count). The summed E-state index contributed by atoms with van der Waals surface area (Å²) in [4.78, 5) is 24.9. The van der Waals surface area contributed by atoms with E-state index in [1.807, 2.05) is 0 Å². The van der Waals surface area contributed by atoms with E-state index in [9.17, 15) is 9.59 Å². The van der Waals surface area contributed by atoms with Gasteiger partial charge in [0, 0.05) is 13.0 Å². The number of amides is 1. The van der Waals surface area contributed by atoms with Gasteiger partial charge in [0.25, 0.3) is 11.7 Å². The van der Waals surface area contributed by atoms with Crippen LogP contribution in [0.2, 0.25) is 5.02 Å². The van der Waals surface area contributed by atoms with Crippen molar-refractivity contribution >= 4 is 29.0 Å². The molecule has 4 heteroatoms. The number of fused-ring (bicyclic) bond motifs is 1. The minimum absolute atomic E-state index is 0.378. The van der Waals surface area contributed by atoms with Gasteiger partial charge in [0.15, 0.2) is 0 Å². The summed E-state index contributed by atoms with van der Waals surface area (Å²) in [6.45, 7) is 0.422. The number of halogens is 1. The molecule has 0 N–H and O–H groups in total. The summed E-state index contributed by atoms with van der Waals surface area (Å²) in [5.41, 5.74) is 0.893. The van der Waals surface area contributed by atoms with E-state index in [1.54, 1.807) is 18.2 Å². The Hall–Kier alpha value is -1.79. The summed E-state index contributed by atoms with van der Waals surface area (Å²) in [5, 5.41) is 0.419. The monoisotopic (exact) mass is 247 g/mol. The number of para-hydroxylation sites is 1. The lowest BCUT2D eigenvalue weighted by Crippen LogP contribution is -2.30. The van der Waals surface area contributed by atoms with Crippen LogP contribution in [0.4, 0.5) is 5.69 Å². The number of hydrogen-bond acceptors (Lipinski definition) is 2. The van der Waals surface area contributed by atoms with Gasteiger partial charge in [0.2, 0.25) is 0 Å². The molecule has 0 saturated carbocycles. The highest BCUT2D eigenvalue weighted by Gasteiger charge is 2.36. The van der Waals surface area contributed by atoms with Crippen LogP contribution in [0.15, 0.2) is 18.2 Å². The molecule has 3 nitrogen and oxygen atoms in total. The molecule has 0 spiro atoms. The standard InChI is InChI=1S/C13H10ClNO2/c1-2-3-4-8-15-11-9(12(16)13(15)17)6-5-7-10(11)14/h1,5-7H,3-4,8H2. The first kappa shape index (κ1) is 11.7. The van der Waals surface area contributed by atoms with Crippen molar-refractivity contribution in [2.75, 3.05) is 11.4 Å². The van der Waals surface area contributed by atoms with Gasteiger partial charge in [0.1, 0.15) is 0 Å². The van der Waals surface area contributed by atoms with Crippen molar-refractivity contribution in [1.29, 1.82) is 0 Å². The van der Waals surface area contributed by atoms with E-state index in [0.717, 1.165) is 0 Å². The molecule has 1 aromatic rings. The van der Waals surface area contributed by atoms with E-state index in [2.05, 4.69) is 5.92 Å². The summed E-state index contributed by atoms with van der Waals surface area (Å²) in [6, 6.07) is 4.94. The Morgan fingerprint density at radius 1 is 1.35 bits per heavy atom. The molecular formula is C13H10ClNO2. The van der Waals surface area contributed by atoms with Gasteiger partial charge in [0.05, 0.1) is 16.3 Å². The number of hydrogen-bond donors (Lipinski definition) is 0. The Labute approximate surface area is 104 Å². The van der Waals surface area contributed by atoms with E-state index in [1.165, 1.54) is 4.90 Å². The zero-order valence-electron chi connectivity index (χ0n) is 9.07. The van der Waals surface area contributed by atoms with Gasteiger partial charge in [-0.05, 0) is 18.6 Å². The average Bonchev–Trinajstić information content (AvgIpc) is 2.56. The molecule has 0 aliphatic carbocycles. The maximum Gasteiger partial charge on any atom is 0.299 e. The number of Topliss-reactive ketones (excluding diaryl/α,β-unsaturated/α-hetero) is 1. The fourth-order valence-corrected chi connectivity index (χ4v) is 2.14. The van der Waals surface area contributed by atoms with Crippen LogP contribution in [0, 0.1) is 12.3 Å². The lowest BCUT2D eigenvalue weighted by molar-refractivity contribution is -0.114. The molecular weight excluding hydrogens is 238 g/mol. The average molecular weight is 248 g/mol. The van der Waals surface area contributed by atoms with Crippen molar-refractivity contribution in [2.24, 2.45) is 0 Å². The van der Waals surface area contributed by atoms with Crippen molar-refractivity contribution in [2.45, 2.75) is 12.8 Å². The van der Waals surface area contributed by atoms with E-state index in [4.69, 9.17) is 18.0 Å². The molecule has 0 saturated heterocycles. The van der Waals surface area contributed by atoms with Crippen LogP contribution in [-0.2, 0) is 4.79 Å². The Morgan fingerprint density at radius 3 is 2.82 bits per heavy atom. The third-order valence-corrected chi connectivity index (χ3v) is 2.95. The minimum Gasteiger partial charge on any atom is -0.303 e. The Balaban J connectivity index is 2.34. The first-order valence-electron chi connectivity index (χ1n) is 5.25. The van der Waals surface area contributed by atoms with Gasteiger partial charge in [-0.2, -0.15) is 0 Å². The van der Waals surface area contributed by atoms with Crippen molar-refractivity contribution < 1.29 is 9.59 Å². The molecule has 0 radical (unpaired) electrons. The summed E-state index contributed by atoms with van der Waals surface area (Å²) in [5.74, 6) is 1.48. The first-order chi connectivity index (χ1) is 8.16. The number of unbranched alkanes of at least 4 members (excludes halogenated alkanes) is 1. The molecule has 1 aromatic carbocycles. The smallest absolute Gasteiger partial charge is 0.299 e. The van der Waals surface area contributed by atoms with Crippen molar-refractivity contribution in [3.63, 3.8) is 0 Å². The summed E-state index contributed by atoms with van der Waals surface area (Å²) in [6.07, 6.45) is 6.37. The topological polar surface area (TPSA) is 37.4 Å². The zero-order chi connectivity index (χ0) is 12.4. The second-order valence-corrected chi connectivity index (χ2v) is 4.14. The molecule has 1 aliphatic heterocycles. The number of benzene rings is 1. The highest BCUT2D eigenvalue weighted by atomic mass is 35.5. The molecule has 17 heavy (non-hydrogen) atoms. The SMILES string of the molecule is C#CCCCN1C(=O)C(=O)c2cccc(Cl)c21. The third kappa shape index (κ3) is 1.92. The Bertz CT molecular complexity index is 531. The lowest BCUT2D eigenvalue weighted by atomic mass is 10.1. The van der Waals surface area contributed by atoms with Crippen LogP contribution < -0.4 is 4.90 Å². The molecule has 0 fully saturated rings. The Kier molecular flexibility index (Phi) is 3.16.